The Morgan fingerprint density at radius 2 is 1.83 bits per heavy atom. The third kappa shape index (κ3) is 4.83. The van der Waals surface area contributed by atoms with E-state index >= 15 is 0 Å². The summed E-state index contributed by atoms with van der Waals surface area (Å²) in [6, 6.07) is 14.8. The van der Waals surface area contributed by atoms with Crippen LogP contribution in [0.5, 0.6) is 0 Å². The first-order valence-electron chi connectivity index (χ1n) is 9.12. The number of carbonyl (C=O) groups excluding carboxylic acids is 1. The quantitative estimate of drug-likeness (QED) is 0.394. The van der Waals surface area contributed by atoms with Gasteiger partial charge in [-0.15, -0.1) is 10.2 Å². The lowest BCUT2D eigenvalue weighted by Gasteiger charge is -2.08. The lowest BCUT2D eigenvalue weighted by molar-refractivity contribution is -0.120. The Hall–Kier alpha value is -4.01. The van der Waals surface area contributed by atoms with Crippen LogP contribution in [0.4, 0.5) is 17.3 Å². The number of nitrogens with one attached hydrogen (secondary N) is 3. The Bertz CT molecular complexity index is 1080. The fourth-order valence-corrected chi connectivity index (χ4v) is 2.75. The van der Waals surface area contributed by atoms with Gasteiger partial charge in [-0.3, -0.25) is 9.78 Å². The van der Waals surface area contributed by atoms with Crippen molar-refractivity contribution < 1.29 is 9.32 Å². The molecule has 29 heavy (non-hydrogen) atoms. The number of nitrogens with zero attached hydrogens (tertiary/aromatic N) is 4. The molecule has 3 heterocycles. The number of fused-ring (bicyclic) bond motifs is 1. The summed E-state index contributed by atoms with van der Waals surface area (Å²) >= 11 is 0. The zero-order valence-electron chi connectivity index (χ0n) is 15.5. The van der Waals surface area contributed by atoms with Crippen LogP contribution in [-0.4, -0.2) is 39.3 Å². The molecule has 0 bridgehead atoms. The van der Waals surface area contributed by atoms with E-state index in [1.165, 1.54) is 0 Å². The molecule has 1 amide bonds. The molecule has 146 valence electrons. The minimum Gasteiger partial charge on any atom is -0.367 e. The molecule has 9 heteroatoms. The summed E-state index contributed by atoms with van der Waals surface area (Å²) in [4.78, 5) is 16.2. The molecule has 4 aromatic rings. The topological polar surface area (TPSA) is 118 Å². The van der Waals surface area contributed by atoms with E-state index < -0.39 is 0 Å². The van der Waals surface area contributed by atoms with E-state index in [0.717, 1.165) is 11.1 Å². The van der Waals surface area contributed by atoms with E-state index in [-0.39, 0.29) is 12.3 Å². The molecule has 0 fully saturated rings. The van der Waals surface area contributed by atoms with Gasteiger partial charge in [0.05, 0.1) is 18.3 Å². The second kappa shape index (κ2) is 8.79. The van der Waals surface area contributed by atoms with Crippen LogP contribution in [0.1, 0.15) is 5.69 Å². The van der Waals surface area contributed by atoms with Crippen molar-refractivity contribution in [3.05, 3.63) is 66.6 Å². The molecule has 3 N–H and O–H groups in total. The SMILES string of the molecule is O=C(Cc1noc2ccccc12)NCCNc1ccc(Nc2cccnc2)nn1. The van der Waals surface area contributed by atoms with Crippen LogP contribution in [0.15, 0.2) is 65.4 Å². The van der Waals surface area contributed by atoms with E-state index in [9.17, 15) is 4.79 Å². The number of pyridine rings is 1. The van der Waals surface area contributed by atoms with Gasteiger partial charge in [0.15, 0.2) is 11.4 Å². The molecule has 9 nitrogen and oxygen atoms in total. The fraction of sp³-hybridized carbons (Fsp3) is 0.150. The molecule has 0 unspecified atom stereocenters. The van der Waals surface area contributed by atoms with Gasteiger partial charge in [0.2, 0.25) is 5.91 Å². The Morgan fingerprint density at radius 3 is 2.66 bits per heavy atom. The van der Waals surface area contributed by atoms with Crippen LogP contribution < -0.4 is 16.0 Å². The predicted octanol–water partition coefficient (Wildman–Crippen LogP) is 2.53. The molecular weight excluding hydrogens is 370 g/mol. The molecule has 0 aliphatic heterocycles. The minimum atomic E-state index is -0.118. The van der Waals surface area contributed by atoms with Crippen LogP contribution in [0, 0.1) is 0 Å². The van der Waals surface area contributed by atoms with E-state index in [1.54, 1.807) is 12.4 Å². The molecule has 0 spiro atoms. The summed E-state index contributed by atoms with van der Waals surface area (Å²) in [5.74, 6) is 1.13. The summed E-state index contributed by atoms with van der Waals surface area (Å²) < 4.78 is 5.21. The number of rotatable bonds is 8. The number of carbonyl (C=O) groups is 1. The Balaban J connectivity index is 1.20. The number of aromatic nitrogens is 4. The highest BCUT2D eigenvalue weighted by atomic mass is 16.5. The minimum absolute atomic E-state index is 0.118. The van der Waals surface area contributed by atoms with Gasteiger partial charge in [-0.25, -0.2) is 0 Å². The summed E-state index contributed by atoms with van der Waals surface area (Å²) in [5, 5.41) is 22.1. The highest BCUT2D eigenvalue weighted by Crippen LogP contribution is 2.18. The van der Waals surface area contributed by atoms with Crippen molar-refractivity contribution in [3.8, 4) is 0 Å². The number of hydrogen-bond acceptors (Lipinski definition) is 8. The average molecular weight is 389 g/mol. The standard InChI is InChI=1S/C20H19N7O2/c28-20(12-16-15-5-1-2-6-17(15)29-27-16)23-11-10-22-18-7-8-19(26-25-18)24-14-4-3-9-21-13-14/h1-9,13H,10-12H2,(H,22,25)(H,23,28)(H,24,26). The first kappa shape index (κ1) is 18.4. The first-order chi connectivity index (χ1) is 14.3. The second-order valence-corrected chi connectivity index (χ2v) is 6.25. The van der Waals surface area contributed by atoms with Gasteiger partial charge < -0.3 is 20.5 Å². The summed E-state index contributed by atoms with van der Waals surface area (Å²) in [6.45, 7) is 0.974. The molecule has 0 aliphatic carbocycles. The number of hydrogen-bond donors (Lipinski definition) is 3. The molecule has 0 atom stereocenters. The van der Waals surface area contributed by atoms with Crippen LogP contribution in [0.2, 0.25) is 0 Å². The fourth-order valence-electron chi connectivity index (χ4n) is 2.75. The summed E-state index contributed by atoms with van der Waals surface area (Å²) in [5.41, 5.74) is 2.15. The van der Waals surface area contributed by atoms with Crippen LogP contribution in [0.3, 0.4) is 0 Å². The Morgan fingerprint density at radius 1 is 0.966 bits per heavy atom. The second-order valence-electron chi connectivity index (χ2n) is 6.25. The van der Waals surface area contributed by atoms with Crippen molar-refractivity contribution in [2.75, 3.05) is 23.7 Å². The Kier molecular flexibility index (Phi) is 5.56. The van der Waals surface area contributed by atoms with E-state index in [4.69, 9.17) is 4.52 Å². The smallest absolute Gasteiger partial charge is 0.226 e. The van der Waals surface area contributed by atoms with Gasteiger partial charge in [-0.05, 0) is 36.4 Å². The lowest BCUT2D eigenvalue weighted by Crippen LogP contribution is -2.30. The summed E-state index contributed by atoms with van der Waals surface area (Å²) in [6.07, 6.45) is 3.58. The number of amides is 1. The van der Waals surface area contributed by atoms with Crippen molar-refractivity contribution in [3.63, 3.8) is 0 Å². The average Bonchev–Trinajstić information content (AvgIpc) is 3.16. The van der Waals surface area contributed by atoms with Crippen molar-refractivity contribution in [1.82, 2.24) is 25.7 Å². The maximum Gasteiger partial charge on any atom is 0.226 e. The van der Waals surface area contributed by atoms with Crippen molar-refractivity contribution in [2.24, 2.45) is 0 Å². The third-order valence-corrected chi connectivity index (χ3v) is 4.13. The lowest BCUT2D eigenvalue weighted by atomic mass is 10.1. The highest BCUT2D eigenvalue weighted by Gasteiger charge is 2.11. The normalized spacial score (nSPS) is 10.6. The molecule has 0 saturated carbocycles. The van der Waals surface area contributed by atoms with E-state index in [2.05, 4.69) is 36.3 Å². The molecule has 3 aromatic heterocycles. The zero-order valence-corrected chi connectivity index (χ0v) is 15.5. The van der Waals surface area contributed by atoms with Crippen molar-refractivity contribution in [2.45, 2.75) is 6.42 Å². The number of benzene rings is 1. The van der Waals surface area contributed by atoms with Gasteiger partial charge in [0.25, 0.3) is 0 Å². The number of para-hydroxylation sites is 1. The van der Waals surface area contributed by atoms with Gasteiger partial charge in [-0.2, -0.15) is 0 Å². The highest BCUT2D eigenvalue weighted by molar-refractivity contribution is 5.86. The van der Waals surface area contributed by atoms with Gasteiger partial charge in [0.1, 0.15) is 11.5 Å². The van der Waals surface area contributed by atoms with Gasteiger partial charge >= 0.3 is 0 Å². The van der Waals surface area contributed by atoms with E-state index in [1.807, 2.05) is 48.5 Å². The molecule has 0 saturated heterocycles. The maximum atomic E-state index is 12.1. The summed E-state index contributed by atoms with van der Waals surface area (Å²) in [7, 11) is 0. The van der Waals surface area contributed by atoms with Crippen LogP contribution in [-0.2, 0) is 11.2 Å². The molecule has 0 aliphatic rings. The monoisotopic (exact) mass is 389 g/mol. The largest absolute Gasteiger partial charge is 0.367 e. The van der Waals surface area contributed by atoms with Crippen molar-refractivity contribution >= 4 is 34.2 Å². The third-order valence-electron chi connectivity index (χ3n) is 4.13. The maximum absolute atomic E-state index is 12.1. The first-order valence-corrected chi connectivity index (χ1v) is 9.12. The van der Waals surface area contributed by atoms with E-state index in [0.29, 0.717) is 36.0 Å². The predicted molar refractivity (Wildman–Crippen MR) is 109 cm³/mol. The van der Waals surface area contributed by atoms with Gasteiger partial charge in [0, 0.05) is 24.7 Å². The van der Waals surface area contributed by atoms with Gasteiger partial charge in [-0.1, -0.05) is 17.3 Å². The van der Waals surface area contributed by atoms with Crippen LogP contribution >= 0.6 is 0 Å². The van der Waals surface area contributed by atoms with Crippen molar-refractivity contribution in [1.29, 1.82) is 0 Å². The molecule has 0 radical (unpaired) electrons. The number of anilines is 3. The Labute approximate surface area is 166 Å². The molecule has 1 aromatic carbocycles. The molecular formula is C20H19N7O2. The van der Waals surface area contributed by atoms with Crippen LogP contribution in [0.25, 0.3) is 11.0 Å². The molecule has 4 rings (SSSR count). The zero-order chi connectivity index (χ0) is 19.9.